The van der Waals surface area contributed by atoms with Gasteiger partial charge in [0.2, 0.25) is 5.91 Å². The van der Waals surface area contributed by atoms with Crippen molar-refractivity contribution in [1.29, 1.82) is 0 Å². The molecule has 0 aliphatic carbocycles. The summed E-state index contributed by atoms with van der Waals surface area (Å²) in [6, 6.07) is 16.9. The molecule has 0 bridgehead atoms. The fraction of sp³-hybridized carbons (Fsp3) is 0.222. The summed E-state index contributed by atoms with van der Waals surface area (Å²) in [6.45, 7) is 2.23. The van der Waals surface area contributed by atoms with Gasteiger partial charge in [-0.15, -0.1) is 0 Å². The first-order chi connectivity index (χ1) is 17.6. The van der Waals surface area contributed by atoms with Gasteiger partial charge in [-0.05, 0) is 68.6 Å². The summed E-state index contributed by atoms with van der Waals surface area (Å²) >= 11 is 20.0. The topological polar surface area (TPSA) is 76.8 Å². The van der Waals surface area contributed by atoms with Crippen LogP contribution in [0.15, 0.2) is 69.2 Å². The lowest BCUT2D eigenvalue weighted by Gasteiger charge is -2.41. The molecule has 3 N–H and O–H groups in total. The Labute approximate surface area is 243 Å². The number of nitrogens with two attached hydrogens (primary N) is 1. The van der Waals surface area contributed by atoms with Crippen LogP contribution in [0.3, 0.4) is 0 Å². The van der Waals surface area contributed by atoms with Gasteiger partial charge in [0.15, 0.2) is 5.72 Å². The first-order valence-electron chi connectivity index (χ1n) is 11.4. The van der Waals surface area contributed by atoms with Crippen LogP contribution in [-0.2, 0) is 22.7 Å². The average molecular weight is 670 g/mol. The van der Waals surface area contributed by atoms with Gasteiger partial charge in [0, 0.05) is 33.9 Å². The zero-order valence-corrected chi connectivity index (χ0v) is 24.8. The maximum absolute atomic E-state index is 12.6. The van der Waals surface area contributed by atoms with E-state index in [1.165, 1.54) is 4.90 Å². The first kappa shape index (κ1) is 28.0. The van der Waals surface area contributed by atoms with Crippen LogP contribution in [0.1, 0.15) is 23.6 Å². The monoisotopic (exact) mass is 667 g/mol. The second-order valence-electron chi connectivity index (χ2n) is 8.57. The van der Waals surface area contributed by atoms with Crippen molar-refractivity contribution in [2.45, 2.75) is 25.9 Å². The highest BCUT2D eigenvalue weighted by Gasteiger charge is 2.39. The van der Waals surface area contributed by atoms with Crippen molar-refractivity contribution in [1.82, 2.24) is 4.90 Å². The van der Waals surface area contributed by atoms with Crippen LogP contribution in [0.25, 0.3) is 6.08 Å². The van der Waals surface area contributed by atoms with E-state index in [2.05, 4.69) is 37.2 Å². The summed E-state index contributed by atoms with van der Waals surface area (Å²) in [4.78, 5) is 14.1. The Morgan fingerprint density at radius 1 is 1.05 bits per heavy atom. The van der Waals surface area contributed by atoms with Crippen LogP contribution in [0.4, 0.5) is 5.69 Å². The maximum Gasteiger partial charge on any atom is 0.240 e. The van der Waals surface area contributed by atoms with Crippen LogP contribution in [0.2, 0.25) is 10.0 Å². The van der Waals surface area contributed by atoms with E-state index in [-0.39, 0.29) is 25.7 Å². The number of carbonyl (C=O) groups excluding carboxylic acids is 1. The molecule has 0 saturated carbocycles. The molecule has 1 aliphatic rings. The molecule has 1 aliphatic heterocycles. The third-order valence-electron chi connectivity index (χ3n) is 6.07. The van der Waals surface area contributed by atoms with E-state index >= 15 is 0 Å². The Morgan fingerprint density at radius 3 is 2.24 bits per heavy atom. The van der Waals surface area contributed by atoms with Gasteiger partial charge in [0.25, 0.3) is 0 Å². The summed E-state index contributed by atoms with van der Waals surface area (Å²) in [6.07, 6.45) is 1.89. The van der Waals surface area contributed by atoms with Gasteiger partial charge < -0.3 is 25.4 Å². The van der Waals surface area contributed by atoms with Gasteiger partial charge in [-0.25, -0.2) is 0 Å². The molecule has 0 saturated heterocycles. The lowest BCUT2D eigenvalue weighted by atomic mass is 9.98. The van der Waals surface area contributed by atoms with Crippen LogP contribution in [0.5, 0.6) is 5.75 Å². The number of halogens is 4. The molecule has 37 heavy (non-hydrogen) atoms. The fourth-order valence-corrected chi connectivity index (χ4v) is 5.83. The molecule has 10 heteroatoms. The smallest absolute Gasteiger partial charge is 0.240 e. The number of nitrogens with zero attached hydrogens (tertiary/aromatic N) is 1. The van der Waals surface area contributed by atoms with E-state index in [1.54, 1.807) is 7.05 Å². The second-order valence-corrected chi connectivity index (χ2v) is 11.0. The summed E-state index contributed by atoms with van der Waals surface area (Å²) in [5.74, 6) is 0.344. The summed E-state index contributed by atoms with van der Waals surface area (Å²) in [5, 5.41) is 4.69. The van der Waals surface area contributed by atoms with Gasteiger partial charge in [0.1, 0.15) is 12.4 Å². The van der Waals surface area contributed by atoms with E-state index in [4.69, 9.17) is 38.4 Å². The Balaban J connectivity index is 1.71. The first-order valence-corrected chi connectivity index (χ1v) is 13.7. The molecule has 1 unspecified atom stereocenters. The molecule has 1 heterocycles. The Hall–Kier alpha value is -2.07. The van der Waals surface area contributed by atoms with Crippen molar-refractivity contribution in [3.05, 3.63) is 96.0 Å². The van der Waals surface area contributed by atoms with Crippen molar-refractivity contribution in [3.63, 3.8) is 0 Å². The minimum Gasteiger partial charge on any atom is -0.486 e. The van der Waals surface area contributed by atoms with Gasteiger partial charge in [-0.2, -0.15) is 0 Å². The number of carbonyl (C=O) groups is 1. The molecule has 194 valence electrons. The van der Waals surface area contributed by atoms with E-state index in [9.17, 15) is 4.79 Å². The number of anilines is 1. The quantitative estimate of drug-likeness (QED) is 0.265. The third-order valence-corrected chi connectivity index (χ3v) is 8.18. The highest BCUT2D eigenvalue weighted by atomic mass is 79.9. The molecule has 0 fully saturated rings. The SMILES string of the molecule is CN(C(=O)CN)C1=Cc2c(cc(Br)c(OCc3ccccc3Cl)c2Br)NC1(C)OCc1ccccc1Cl. The predicted molar refractivity (Wildman–Crippen MR) is 156 cm³/mol. The molecule has 4 rings (SSSR count). The number of likely N-dealkylation sites (N-methyl/N-ethyl adjacent to an activating group) is 1. The number of benzene rings is 3. The van der Waals surface area contributed by atoms with Gasteiger partial charge in [-0.1, -0.05) is 59.6 Å². The van der Waals surface area contributed by atoms with E-state index in [1.807, 2.05) is 67.6 Å². The molecule has 6 nitrogen and oxygen atoms in total. The molecule has 1 amide bonds. The van der Waals surface area contributed by atoms with Gasteiger partial charge in [-0.3, -0.25) is 4.79 Å². The molecule has 0 spiro atoms. The lowest BCUT2D eigenvalue weighted by Crippen LogP contribution is -2.49. The third kappa shape index (κ3) is 6.00. The largest absolute Gasteiger partial charge is 0.486 e. The number of hydrogen-bond donors (Lipinski definition) is 2. The molecular formula is C27H25Br2Cl2N3O3. The van der Waals surface area contributed by atoms with Crippen molar-refractivity contribution in [2.75, 3.05) is 18.9 Å². The van der Waals surface area contributed by atoms with Gasteiger partial charge >= 0.3 is 0 Å². The number of fused-ring (bicyclic) bond motifs is 1. The standard InChI is InChI=1S/C27H25Br2Cl2N3O3/c1-27(37-15-17-8-4-6-10-21(17)31)23(34(2)24(35)13-32)11-18-22(33-27)12-19(28)26(25(18)29)36-14-16-7-3-5-9-20(16)30/h3-12,33H,13-15,32H2,1-2H3. The summed E-state index contributed by atoms with van der Waals surface area (Å²) in [5.41, 5.74) is 8.47. The molecule has 0 radical (unpaired) electrons. The molecule has 0 aromatic heterocycles. The second kappa shape index (κ2) is 11.8. The van der Waals surface area contributed by atoms with E-state index < -0.39 is 5.72 Å². The van der Waals surface area contributed by atoms with E-state index in [0.717, 1.165) is 26.9 Å². The number of hydrogen-bond acceptors (Lipinski definition) is 5. The van der Waals surface area contributed by atoms with E-state index in [0.29, 0.717) is 26.0 Å². The normalized spacial score (nSPS) is 16.5. The molecule has 3 aromatic carbocycles. The lowest BCUT2D eigenvalue weighted by molar-refractivity contribution is -0.128. The minimum absolute atomic E-state index is 0.144. The van der Waals surface area contributed by atoms with Crippen LogP contribution < -0.4 is 15.8 Å². The van der Waals surface area contributed by atoms with Crippen LogP contribution >= 0.6 is 55.1 Å². The van der Waals surface area contributed by atoms with Crippen molar-refractivity contribution >= 4 is 72.7 Å². The number of ether oxygens (including phenoxy) is 2. The van der Waals surface area contributed by atoms with Crippen molar-refractivity contribution in [3.8, 4) is 5.75 Å². The van der Waals surface area contributed by atoms with Gasteiger partial charge in [0.05, 0.1) is 27.8 Å². The molecule has 1 atom stereocenters. The Kier molecular flexibility index (Phi) is 8.89. The summed E-state index contributed by atoms with van der Waals surface area (Å²) in [7, 11) is 1.67. The van der Waals surface area contributed by atoms with Crippen LogP contribution in [-0.4, -0.2) is 30.1 Å². The minimum atomic E-state index is -1.06. The summed E-state index contributed by atoms with van der Waals surface area (Å²) < 4.78 is 14.0. The van der Waals surface area contributed by atoms with Crippen LogP contribution in [0, 0.1) is 0 Å². The maximum atomic E-state index is 12.6. The molecular weight excluding hydrogens is 645 g/mol. The molecule has 3 aromatic rings. The zero-order chi connectivity index (χ0) is 26.7. The van der Waals surface area contributed by atoms with Crippen molar-refractivity contribution in [2.24, 2.45) is 5.73 Å². The fourth-order valence-electron chi connectivity index (χ4n) is 3.99. The Morgan fingerprint density at radius 2 is 1.65 bits per heavy atom. The van der Waals surface area contributed by atoms with Crippen molar-refractivity contribution < 1.29 is 14.3 Å². The average Bonchev–Trinajstić information content (AvgIpc) is 2.88. The highest BCUT2D eigenvalue weighted by molar-refractivity contribution is 9.11. The predicted octanol–water partition coefficient (Wildman–Crippen LogP) is 7.21. The zero-order valence-electron chi connectivity index (χ0n) is 20.2. The Bertz CT molecular complexity index is 1370. The number of amides is 1. The number of nitrogens with one attached hydrogen (secondary N) is 1. The highest BCUT2D eigenvalue weighted by Crippen LogP contribution is 2.46. The number of rotatable bonds is 8.